The number of ether oxygens (including phenoxy) is 1. The van der Waals surface area contributed by atoms with E-state index in [4.69, 9.17) is 4.74 Å². The lowest BCUT2D eigenvalue weighted by Gasteiger charge is -2.12. The van der Waals surface area contributed by atoms with Crippen molar-refractivity contribution < 1.29 is 13.9 Å². The van der Waals surface area contributed by atoms with Gasteiger partial charge in [0.05, 0.1) is 0 Å². The van der Waals surface area contributed by atoms with Crippen LogP contribution in [0.15, 0.2) is 72.8 Å². The van der Waals surface area contributed by atoms with Gasteiger partial charge in [0.1, 0.15) is 11.6 Å². The van der Waals surface area contributed by atoms with Gasteiger partial charge in [0.25, 0.3) is 5.91 Å². The first-order chi connectivity index (χ1) is 13.6. The molecule has 0 aliphatic rings. The van der Waals surface area contributed by atoms with Crippen LogP contribution in [-0.4, -0.2) is 12.5 Å². The fraction of sp³-hybridized carbons (Fsp3) is 0.174. The summed E-state index contributed by atoms with van der Waals surface area (Å²) in [5.74, 6) is 0.206. The second kappa shape index (κ2) is 9.67. The Morgan fingerprint density at radius 1 is 0.929 bits per heavy atom. The highest BCUT2D eigenvalue weighted by atomic mass is 19.1. The maximum Gasteiger partial charge on any atom is 0.262 e. The van der Waals surface area contributed by atoms with E-state index in [0.29, 0.717) is 18.8 Å². The number of halogens is 1. The Bertz CT molecular complexity index is 909. The predicted octanol–water partition coefficient (Wildman–Crippen LogP) is 4.44. The highest BCUT2D eigenvalue weighted by Gasteiger charge is 2.07. The van der Waals surface area contributed by atoms with Gasteiger partial charge in [-0.05, 0) is 42.8 Å². The number of hydrogen-bond acceptors (Lipinski definition) is 3. The van der Waals surface area contributed by atoms with Gasteiger partial charge in [-0.2, -0.15) is 0 Å². The molecule has 1 amide bonds. The minimum Gasteiger partial charge on any atom is -0.483 e. The number of anilines is 1. The summed E-state index contributed by atoms with van der Waals surface area (Å²) in [5.41, 5.74) is 3.83. The van der Waals surface area contributed by atoms with Crippen molar-refractivity contribution >= 4 is 11.6 Å². The SMILES string of the molecule is Cc1ccc(NC(=O)COc2ccccc2CNCc2ccc(F)cc2)cc1. The zero-order valence-electron chi connectivity index (χ0n) is 15.7. The van der Waals surface area contributed by atoms with Crippen LogP contribution in [0.25, 0.3) is 0 Å². The summed E-state index contributed by atoms with van der Waals surface area (Å²) in [6.45, 7) is 3.12. The molecule has 0 saturated carbocycles. The van der Waals surface area contributed by atoms with Gasteiger partial charge in [0, 0.05) is 24.3 Å². The van der Waals surface area contributed by atoms with E-state index < -0.39 is 0 Å². The molecule has 0 unspecified atom stereocenters. The third kappa shape index (κ3) is 5.93. The van der Waals surface area contributed by atoms with Gasteiger partial charge < -0.3 is 15.4 Å². The van der Waals surface area contributed by atoms with Crippen molar-refractivity contribution in [1.82, 2.24) is 5.32 Å². The average molecular weight is 378 g/mol. The van der Waals surface area contributed by atoms with Crippen molar-refractivity contribution in [1.29, 1.82) is 0 Å². The van der Waals surface area contributed by atoms with Crippen LogP contribution in [0.1, 0.15) is 16.7 Å². The molecule has 0 aromatic heterocycles. The van der Waals surface area contributed by atoms with Crippen LogP contribution in [0.4, 0.5) is 10.1 Å². The molecule has 4 nitrogen and oxygen atoms in total. The molecule has 0 saturated heterocycles. The van der Waals surface area contributed by atoms with Crippen LogP contribution in [0, 0.1) is 12.7 Å². The molecule has 0 aliphatic heterocycles. The van der Waals surface area contributed by atoms with E-state index in [0.717, 1.165) is 22.4 Å². The van der Waals surface area contributed by atoms with Crippen molar-refractivity contribution in [3.63, 3.8) is 0 Å². The highest BCUT2D eigenvalue weighted by Crippen LogP contribution is 2.18. The smallest absolute Gasteiger partial charge is 0.262 e. The van der Waals surface area contributed by atoms with E-state index in [1.54, 1.807) is 12.1 Å². The molecule has 0 atom stereocenters. The van der Waals surface area contributed by atoms with Crippen LogP contribution in [0.2, 0.25) is 0 Å². The van der Waals surface area contributed by atoms with Gasteiger partial charge in [0.2, 0.25) is 0 Å². The monoisotopic (exact) mass is 378 g/mol. The van der Waals surface area contributed by atoms with Crippen molar-refractivity contribution in [2.75, 3.05) is 11.9 Å². The number of nitrogens with one attached hydrogen (secondary N) is 2. The molecule has 2 N–H and O–H groups in total. The Hall–Kier alpha value is -3.18. The molecule has 0 aliphatic carbocycles. The zero-order chi connectivity index (χ0) is 19.8. The molecule has 0 bridgehead atoms. The summed E-state index contributed by atoms with van der Waals surface area (Å²) in [5, 5.41) is 6.13. The number of carbonyl (C=O) groups is 1. The second-order valence-electron chi connectivity index (χ2n) is 6.54. The van der Waals surface area contributed by atoms with Gasteiger partial charge in [-0.25, -0.2) is 4.39 Å². The third-order valence-corrected chi connectivity index (χ3v) is 4.22. The number of carbonyl (C=O) groups excluding carboxylic acids is 1. The fourth-order valence-electron chi connectivity index (χ4n) is 2.71. The maximum absolute atomic E-state index is 13.0. The highest BCUT2D eigenvalue weighted by molar-refractivity contribution is 5.91. The van der Waals surface area contributed by atoms with Crippen LogP contribution < -0.4 is 15.4 Å². The molecule has 3 aromatic carbocycles. The number of amides is 1. The normalized spacial score (nSPS) is 10.5. The Morgan fingerprint density at radius 2 is 1.64 bits per heavy atom. The van der Waals surface area contributed by atoms with E-state index in [-0.39, 0.29) is 18.3 Å². The summed E-state index contributed by atoms with van der Waals surface area (Å²) in [4.78, 5) is 12.1. The minimum atomic E-state index is -0.244. The van der Waals surface area contributed by atoms with Crippen molar-refractivity contribution in [3.8, 4) is 5.75 Å². The first-order valence-corrected chi connectivity index (χ1v) is 9.12. The second-order valence-corrected chi connectivity index (χ2v) is 6.54. The number of benzene rings is 3. The average Bonchev–Trinajstić information content (AvgIpc) is 2.70. The molecule has 28 heavy (non-hydrogen) atoms. The number of aryl methyl sites for hydroxylation is 1. The van der Waals surface area contributed by atoms with E-state index in [9.17, 15) is 9.18 Å². The Morgan fingerprint density at radius 3 is 2.39 bits per heavy atom. The molecular formula is C23H23FN2O2. The molecule has 0 spiro atoms. The maximum atomic E-state index is 13.0. The molecule has 144 valence electrons. The molecular weight excluding hydrogens is 355 g/mol. The summed E-state index contributed by atoms with van der Waals surface area (Å²) in [7, 11) is 0. The molecule has 5 heteroatoms. The summed E-state index contributed by atoms with van der Waals surface area (Å²) < 4.78 is 18.7. The lowest BCUT2D eigenvalue weighted by atomic mass is 10.2. The van der Waals surface area contributed by atoms with Crippen LogP contribution in [0.3, 0.4) is 0 Å². The molecule has 0 heterocycles. The minimum absolute atomic E-state index is 0.0666. The largest absolute Gasteiger partial charge is 0.483 e. The van der Waals surface area contributed by atoms with Gasteiger partial charge >= 0.3 is 0 Å². The fourth-order valence-corrected chi connectivity index (χ4v) is 2.71. The van der Waals surface area contributed by atoms with Crippen LogP contribution >= 0.6 is 0 Å². The Labute approximate surface area is 164 Å². The standard InChI is InChI=1S/C23H23FN2O2/c1-17-6-12-21(13-7-17)26-23(27)16-28-22-5-3-2-4-19(22)15-25-14-18-8-10-20(24)11-9-18/h2-13,25H,14-16H2,1H3,(H,26,27). The summed E-state index contributed by atoms with van der Waals surface area (Å²) >= 11 is 0. The quantitative estimate of drug-likeness (QED) is 0.609. The van der Waals surface area contributed by atoms with Crippen LogP contribution in [-0.2, 0) is 17.9 Å². The summed E-state index contributed by atoms with van der Waals surface area (Å²) in [6, 6.07) is 21.6. The lowest BCUT2D eigenvalue weighted by molar-refractivity contribution is -0.118. The van der Waals surface area contributed by atoms with E-state index in [2.05, 4.69) is 10.6 Å². The van der Waals surface area contributed by atoms with Gasteiger partial charge in [-0.3, -0.25) is 4.79 Å². The Balaban J connectivity index is 1.50. The third-order valence-electron chi connectivity index (χ3n) is 4.22. The van der Waals surface area contributed by atoms with E-state index >= 15 is 0 Å². The number of para-hydroxylation sites is 1. The number of rotatable bonds is 8. The molecule has 0 fully saturated rings. The van der Waals surface area contributed by atoms with Crippen LogP contribution in [0.5, 0.6) is 5.75 Å². The van der Waals surface area contributed by atoms with Gasteiger partial charge in [-0.15, -0.1) is 0 Å². The van der Waals surface area contributed by atoms with Crippen molar-refractivity contribution in [2.24, 2.45) is 0 Å². The molecule has 3 aromatic rings. The molecule has 0 radical (unpaired) electrons. The van der Waals surface area contributed by atoms with Crippen molar-refractivity contribution in [3.05, 3.63) is 95.3 Å². The van der Waals surface area contributed by atoms with E-state index in [1.807, 2.05) is 55.5 Å². The first kappa shape index (κ1) is 19.6. The van der Waals surface area contributed by atoms with Gasteiger partial charge in [0.15, 0.2) is 6.61 Å². The summed E-state index contributed by atoms with van der Waals surface area (Å²) in [6.07, 6.45) is 0. The van der Waals surface area contributed by atoms with Gasteiger partial charge in [-0.1, -0.05) is 48.0 Å². The van der Waals surface area contributed by atoms with E-state index in [1.165, 1.54) is 12.1 Å². The first-order valence-electron chi connectivity index (χ1n) is 9.12. The topological polar surface area (TPSA) is 50.4 Å². The van der Waals surface area contributed by atoms with Crippen molar-refractivity contribution in [2.45, 2.75) is 20.0 Å². The predicted molar refractivity (Wildman–Crippen MR) is 109 cm³/mol. The Kier molecular flexibility index (Phi) is 6.76. The zero-order valence-corrected chi connectivity index (χ0v) is 15.7. The molecule has 3 rings (SSSR count). The lowest BCUT2D eigenvalue weighted by Crippen LogP contribution is -2.21. The number of hydrogen-bond donors (Lipinski definition) is 2.